The maximum atomic E-state index is 15.4. The van der Waals surface area contributed by atoms with E-state index in [2.05, 4.69) is 0 Å². The van der Waals surface area contributed by atoms with Crippen molar-refractivity contribution < 1.29 is 28.2 Å². The molecule has 0 radical (unpaired) electrons. The molecule has 8 heteroatoms. The Morgan fingerprint density at radius 2 is 1.61 bits per heavy atom. The second-order valence-corrected chi connectivity index (χ2v) is 10.7. The maximum Gasteiger partial charge on any atom is 0.336 e. The molecule has 0 aliphatic carbocycles. The Kier molecular flexibility index (Phi) is 7.15. The molecule has 3 aliphatic rings. The van der Waals surface area contributed by atoms with Crippen molar-refractivity contribution in [2.75, 3.05) is 27.9 Å². The molecule has 0 saturated carbocycles. The number of esters is 1. The van der Waals surface area contributed by atoms with Crippen LogP contribution in [-0.4, -0.2) is 61.8 Å². The molecular formula is C33H33FN2O5. The molecule has 6 rings (SSSR count). The van der Waals surface area contributed by atoms with Crippen LogP contribution in [0.1, 0.15) is 36.0 Å². The molecule has 0 spiro atoms. The highest BCUT2D eigenvalue weighted by atomic mass is 19.1. The van der Waals surface area contributed by atoms with E-state index in [0.717, 1.165) is 28.7 Å². The van der Waals surface area contributed by atoms with Gasteiger partial charge in [0.25, 0.3) is 0 Å². The van der Waals surface area contributed by atoms with Gasteiger partial charge in [0.15, 0.2) is 11.5 Å². The van der Waals surface area contributed by atoms with Gasteiger partial charge in [0.2, 0.25) is 0 Å². The molecule has 3 aromatic rings. The molecule has 3 heterocycles. The zero-order chi connectivity index (χ0) is 28.7. The molecule has 1 fully saturated rings. The van der Waals surface area contributed by atoms with Crippen molar-refractivity contribution in [3.8, 4) is 22.6 Å². The fourth-order valence-corrected chi connectivity index (χ4v) is 6.61. The topological polar surface area (TPSA) is 68.3 Å². The second kappa shape index (κ2) is 10.9. The Morgan fingerprint density at radius 3 is 2.29 bits per heavy atom. The first-order valence-corrected chi connectivity index (χ1v) is 13.9. The van der Waals surface area contributed by atoms with Crippen LogP contribution in [0.5, 0.6) is 11.5 Å². The molecular weight excluding hydrogens is 523 g/mol. The van der Waals surface area contributed by atoms with Crippen molar-refractivity contribution in [1.82, 2.24) is 9.80 Å². The molecule has 0 N–H and O–H groups in total. The van der Waals surface area contributed by atoms with Crippen molar-refractivity contribution in [2.24, 2.45) is 0 Å². The zero-order valence-corrected chi connectivity index (χ0v) is 23.5. The molecule has 0 unspecified atom stereocenters. The van der Waals surface area contributed by atoms with Gasteiger partial charge < -0.3 is 24.0 Å². The lowest BCUT2D eigenvalue weighted by atomic mass is 9.87. The summed E-state index contributed by atoms with van der Waals surface area (Å²) in [5.41, 5.74) is 5.30. The number of benzene rings is 3. The molecule has 41 heavy (non-hydrogen) atoms. The number of nitrogens with zero attached hydrogens (tertiary/aromatic N) is 2. The van der Waals surface area contributed by atoms with E-state index in [1.54, 1.807) is 20.3 Å². The Bertz CT molecular complexity index is 1540. The van der Waals surface area contributed by atoms with E-state index in [0.29, 0.717) is 60.6 Å². The van der Waals surface area contributed by atoms with Crippen LogP contribution in [0, 0.1) is 5.82 Å². The molecule has 212 valence electrons. The van der Waals surface area contributed by atoms with Gasteiger partial charge in [-0.3, -0.25) is 0 Å². The summed E-state index contributed by atoms with van der Waals surface area (Å²) in [7, 11) is 4.56. The van der Waals surface area contributed by atoms with Crippen LogP contribution in [0.4, 0.5) is 9.18 Å². The van der Waals surface area contributed by atoms with Crippen molar-refractivity contribution in [1.29, 1.82) is 0 Å². The molecule has 1 saturated heterocycles. The third-order valence-corrected chi connectivity index (χ3v) is 8.62. The smallest absolute Gasteiger partial charge is 0.336 e. The summed E-state index contributed by atoms with van der Waals surface area (Å²) in [5.74, 6) is 0.477. The van der Waals surface area contributed by atoms with Crippen LogP contribution >= 0.6 is 0 Å². The zero-order valence-electron chi connectivity index (χ0n) is 23.5. The van der Waals surface area contributed by atoms with Crippen LogP contribution in [0.2, 0.25) is 0 Å². The number of hydrogen-bond acceptors (Lipinski definition) is 5. The number of carbonyl (C=O) groups is 2. The number of hydrogen-bond donors (Lipinski definition) is 0. The van der Waals surface area contributed by atoms with Crippen LogP contribution in [0.3, 0.4) is 0 Å². The van der Waals surface area contributed by atoms with E-state index >= 15 is 4.39 Å². The summed E-state index contributed by atoms with van der Waals surface area (Å²) in [5, 5.41) is 0. The summed E-state index contributed by atoms with van der Waals surface area (Å²) >= 11 is 0. The van der Waals surface area contributed by atoms with E-state index in [4.69, 9.17) is 14.2 Å². The van der Waals surface area contributed by atoms with Crippen molar-refractivity contribution in [3.63, 3.8) is 0 Å². The lowest BCUT2D eigenvalue weighted by Gasteiger charge is -2.41. The number of halogens is 1. The van der Waals surface area contributed by atoms with Gasteiger partial charge in [-0.2, -0.15) is 0 Å². The molecule has 2 atom stereocenters. The number of amides is 2. The summed E-state index contributed by atoms with van der Waals surface area (Å²) in [6.45, 7) is 1.01. The van der Waals surface area contributed by atoms with Crippen molar-refractivity contribution >= 4 is 17.6 Å². The molecule has 7 nitrogen and oxygen atoms in total. The lowest BCUT2D eigenvalue weighted by molar-refractivity contribution is -0.136. The molecule has 3 aromatic carbocycles. The largest absolute Gasteiger partial charge is 0.493 e. The Labute approximate surface area is 239 Å². The number of carbonyl (C=O) groups excluding carboxylic acids is 2. The van der Waals surface area contributed by atoms with Gasteiger partial charge in [-0.25, -0.2) is 14.0 Å². The highest BCUT2D eigenvalue weighted by Gasteiger charge is 2.48. The average Bonchev–Trinajstić information content (AvgIpc) is 3.32. The minimum atomic E-state index is -0.475. The Morgan fingerprint density at radius 1 is 0.878 bits per heavy atom. The van der Waals surface area contributed by atoms with E-state index in [9.17, 15) is 9.59 Å². The van der Waals surface area contributed by atoms with Gasteiger partial charge in [-0.1, -0.05) is 42.5 Å². The number of urea groups is 1. The van der Waals surface area contributed by atoms with Gasteiger partial charge >= 0.3 is 12.0 Å². The van der Waals surface area contributed by atoms with E-state index in [-0.39, 0.29) is 17.9 Å². The minimum absolute atomic E-state index is 0.0837. The quantitative estimate of drug-likeness (QED) is 0.369. The standard InChI is InChI=1S/C33H33FN2O5/c1-39-29-16-21-13-14-35(19-23(21)17-30(29)40-2)33(38)36-24-10-12-28(36)31(32(37)41-3)26(18-24)22-9-11-25(27(34)15-22)20-7-5-4-6-8-20/h4-9,11,15-17,24,28H,10,12-14,18-19H2,1-3H3/t24-,28+/m0/s1. The van der Waals surface area contributed by atoms with Crippen LogP contribution in [-0.2, 0) is 22.5 Å². The monoisotopic (exact) mass is 556 g/mol. The van der Waals surface area contributed by atoms with Gasteiger partial charge in [-0.15, -0.1) is 0 Å². The Hall–Kier alpha value is -4.33. The number of fused-ring (bicyclic) bond motifs is 3. The van der Waals surface area contributed by atoms with E-state index < -0.39 is 12.0 Å². The van der Waals surface area contributed by atoms with Crippen molar-refractivity contribution in [3.05, 3.63) is 88.7 Å². The normalized spacial score (nSPS) is 19.6. The third kappa shape index (κ3) is 4.71. The summed E-state index contributed by atoms with van der Waals surface area (Å²) in [4.78, 5) is 30.9. The van der Waals surface area contributed by atoms with Gasteiger partial charge in [-0.05, 0) is 71.7 Å². The predicted octanol–water partition coefficient (Wildman–Crippen LogP) is 5.85. The first-order valence-electron chi connectivity index (χ1n) is 13.9. The first kappa shape index (κ1) is 26.9. The number of rotatable bonds is 5. The third-order valence-electron chi connectivity index (χ3n) is 8.62. The molecule has 2 bridgehead atoms. The van der Waals surface area contributed by atoms with Gasteiger partial charge in [0.05, 0.1) is 32.9 Å². The molecule has 2 amide bonds. The number of ether oxygens (including phenoxy) is 3. The van der Waals surface area contributed by atoms with E-state index in [1.165, 1.54) is 13.2 Å². The van der Waals surface area contributed by atoms with Crippen LogP contribution in [0.15, 0.2) is 66.2 Å². The minimum Gasteiger partial charge on any atom is -0.493 e. The maximum absolute atomic E-state index is 15.4. The highest BCUT2D eigenvalue weighted by molar-refractivity contribution is 6.01. The average molecular weight is 557 g/mol. The van der Waals surface area contributed by atoms with Gasteiger partial charge in [0.1, 0.15) is 5.82 Å². The van der Waals surface area contributed by atoms with E-state index in [1.807, 2.05) is 58.3 Å². The van der Waals surface area contributed by atoms with Gasteiger partial charge in [0, 0.05) is 24.7 Å². The fraction of sp³-hybridized carbons (Fsp3) is 0.333. The summed E-state index contributed by atoms with van der Waals surface area (Å²) in [6.07, 6.45) is 2.58. The molecule has 0 aromatic heterocycles. The van der Waals surface area contributed by atoms with Crippen molar-refractivity contribution in [2.45, 2.75) is 44.3 Å². The Balaban J connectivity index is 1.31. The lowest BCUT2D eigenvalue weighted by Crippen LogP contribution is -2.53. The molecule has 3 aliphatic heterocycles. The fourth-order valence-electron chi connectivity index (χ4n) is 6.61. The summed E-state index contributed by atoms with van der Waals surface area (Å²) < 4.78 is 31.5. The predicted molar refractivity (Wildman–Crippen MR) is 153 cm³/mol. The van der Waals surface area contributed by atoms with Crippen LogP contribution < -0.4 is 9.47 Å². The number of methoxy groups -OCH3 is 3. The SMILES string of the molecule is COC(=O)C1=C(c2ccc(-c3ccccc3)c(F)c2)C[C@@H]2CC[C@H]1N2C(=O)N1CCc2cc(OC)c(OC)cc2C1. The van der Waals surface area contributed by atoms with Crippen LogP contribution in [0.25, 0.3) is 16.7 Å². The first-order chi connectivity index (χ1) is 19.9. The summed E-state index contributed by atoms with van der Waals surface area (Å²) in [6, 6.07) is 17.8. The highest BCUT2D eigenvalue weighted by Crippen LogP contribution is 2.45. The second-order valence-electron chi connectivity index (χ2n) is 10.7.